The molecular weight excluding hydrogens is 719 g/mol. The van der Waals surface area contributed by atoms with Crippen LogP contribution >= 0.6 is 0 Å². The van der Waals surface area contributed by atoms with Gasteiger partial charge in [0.25, 0.3) is 0 Å². The Morgan fingerprint density at radius 1 is 0.441 bits per heavy atom. The highest BCUT2D eigenvalue weighted by molar-refractivity contribution is 7.01. The van der Waals surface area contributed by atoms with E-state index in [2.05, 4.69) is 203 Å². The van der Waals surface area contributed by atoms with Crippen LogP contribution in [0.1, 0.15) is 52.7 Å². The van der Waals surface area contributed by atoms with Gasteiger partial charge in [-0.15, -0.1) is 0 Å². The molecule has 5 heteroatoms. The molecule has 10 aromatic rings. The van der Waals surface area contributed by atoms with Gasteiger partial charge in [-0.3, -0.25) is 4.90 Å². The minimum Gasteiger partial charge on any atom is -0.468 e. The molecule has 0 fully saturated rings. The second kappa shape index (κ2) is 11.9. The van der Waals surface area contributed by atoms with Gasteiger partial charge >= 0.3 is 6.71 Å². The Balaban J connectivity index is 1.28. The zero-order valence-electron chi connectivity index (χ0n) is 34.2. The summed E-state index contributed by atoms with van der Waals surface area (Å²) < 4.78 is 14.6. The van der Waals surface area contributed by atoms with Crippen molar-refractivity contribution in [2.45, 2.75) is 52.4 Å². The molecule has 12 rings (SSSR count). The van der Waals surface area contributed by atoms with E-state index in [0.29, 0.717) is 0 Å². The van der Waals surface area contributed by atoms with Crippen LogP contribution in [0.5, 0.6) is 0 Å². The van der Waals surface area contributed by atoms with Gasteiger partial charge < -0.3 is 13.7 Å². The fraction of sp³-hybridized carbons (Fsp3) is 0.148. The summed E-state index contributed by atoms with van der Waals surface area (Å²) in [6.07, 6.45) is 0. The first kappa shape index (κ1) is 34.3. The van der Waals surface area contributed by atoms with Gasteiger partial charge in [0.1, 0.15) is 11.2 Å². The zero-order chi connectivity index (χ0) is 39.9. The summed E-state index contributed by atoms with van der Waals surface area (Å²) in [5, 5.41) is 9.33. The third kappa shape index (κ3) is 4.85. The van der Waals surface area contributed by atoms with Crippen LogP contribution in [-0.2, 0) is 10.8 Å². The average Bonchev–Trinajstić information content (AvgIpc) is 3.83. The normalized spacial score (nSPS) is 13.8. The largest absolute Gasteiger partial charge is 0.468 e. The first-order chi connectivity index (χ1) is 28.5. The predicted molar refractivity (Wildman–Crippen MR) is 250 cm³/mol. The standard InChI is InChI=1S/C54H43BN2O2/c1-53(2,3)35-21-25-37(26-22-35)56-42-31-34-15-9-12-18-41(34)49-47(42)55(48-45-39-16-10-7-13-32(39)19-29-43(45)59-52(48)56)51-50(57(49)38-27-23-36(24-28-38)54(4,5)6)46-40-17-11-8-14-33(40)20-30-44(46)58-51/h7-31H,1-6H3. The van der Waals surface area contributed by atoms with Crippen LogP contribution in [-0.4, -0.2) is 6.71 Å². The Morgan fingerprint density at radius 3 is 1.54 bits per heavy atom. The molecule has 2 aliphatic rings. The Morgan fingerprint density at radius 2 is 0.949 bits per heavy atom. The summed E-state index contributed by atoms with van der Waals surface area (Å²) in [7, 11) is 0. The lowest BCUT2D eigenvalue weighted by Crippen LogP contribution is -2.60. The van der Waals surface area contributed by atoms with E-state index in [1.54, 1.807) is 0 Å². The number of benzene rings is 8. The highest BCUT2D eigenvalue weighted by atomic mass is 16.4. The van der Waals surface area contributed by atoms with Gasteiger partial charge in [0.2, 0.25) is 5.88 Å². The van der Waals surface area contributed by atoms with E-state index in [9.17, 15) is 0 Å². The number of hydrogen-bond acceptors (Lipinski definition) is 4. The number of furan rings is 2. The van der Waals surface area contributed by atoms with Gasteiger partial charge in [0.05, 0.1) is 22.4 Å². The Hall–Kier alpha value is -6.72. The number of rotatable bonds is 2. The SMILES string of the molecule is CC(C)(C)c1ccc(N2c3cc4ccccc4c4c3B(c3oc5ccc6ccccc6c5c3N4c3ccc(C(C)(C)C)cc3)c3c2oc2ccc4ccccc4c32)cc1. The molecule has 0 unspecified atom stereocenters. The maximum atomic E-state index is 7.37. The van der Waals surface area contributed by atoms with E-state index in [1.807, 2.05) is 0 Å². The highest BCUT2D eigenvalue weighted by Crippen LogP contribution is 2.52. The minimum atomic E-state index is -0.261. The second-order valence-electron chi connectivity index (χ2n) is 18.5. The monoisotopic (exact) mass is 762 g/mol. The molecular formula is C54H43BN2O2. The fourth-order valence-electron chi connectivity index (χ4n) is 10.0. The van der Waals surface area contributed by atoms with Crippen LogP contribution in [0.15, 0.2) is 160 Å². The molecule has 0 saturated heterocycles. The quantitative estimate of drug-likeness (QED) is 0.164. The van der Waals surface area contributed by atoms with Crippen LogP contribution in [0.2, 0.25) is 0 Å². The number of hydrogen-bond donors (Lipinski definition) is 0. The Bertz CT molecular complexity index is 3360. The van der Waals surface area contributed by atoms with Gasteiger partial charge in [-0.25, -0.2) is 0 Å². The molecule has 0 radical (unpaired) electrons. The zero-order valence-corrected chi connectivity index (χ0v) is 34.2. The number of nitrogens with zero attached hydrogens (tertiary/aromatic N) is 2. The van der Waals surface area contributed by atoms with E-state index in [0.717, 1.165) is 61.7 Å². The molecule has 0 N–H and O–H groups in total. The summed E-state index contributed by atoms with van der Waals surface area (Å²) in [5.74, 6) is 0.831. The lowest BCUT2D eigenvalue weighted by Gasteiger charge is -2.41. The van der Waals surface area contributed by atoms with Gasteiger partial charge in [0, 0.05) is 33.3 Å². The lowest BCUT2D eigenvalue weighted by atomic mass is 9.35. The third-order valence-corrected chi connectivity index (χ3v) is 12.9. The molecule has 2 aliphatic heterocycles. The molecule has 284 valence electrons. The van der Waals surface area contributed by atoms with E-state index in [1.165, 1.54) is 54.6 Å². The lowest BCUT2D eigenvalue weighted by molar-refractivity contribution is 0.590. The van der Waals surface area contributed by atoms with Crippen LogP contribution in [0.25, 0.3) is 54.3 Å². The molecule has 8 aromatic carbocycles. The minimum absolute atomic E-state index is 0.0123. The molecule has 4 nitrogen and oxygen atoms in total. The number of anilines is 6. The molecule has 0 aliphatic carbocycles. The van der Waals surface area contributed by atoms with Crippen LogP contribution < -0.4 is 26.4 Å². The van der Waals surface area contributed by atoms with E-state index in [4.69, 9.17) is 8.83 Å². The number of fused-ring (bicyclic) bond motifs is 14. The average molecular weight is 763 g/mol. The molecule has 0 amide bonds. The van der Waals surface area contributed by atoms with E-state index in [-0.39, 0.29) is 17.5 Å². The fourth-order valence-corrected chi connectivity index (χ4v) is 10.0. The van der Waals surface area contributed by atoms with E-state index >= 15 is 0 Å². The molecule has 0 atom stereocenters. The van der Waals surface area contributed by atoms with Crippen molar-refractivity contribution >= 4 is 112 Å². The third-order valence-electron chi connectivity index (χ3n) is 12.9. The van der Waals surface area contributed by atoms with Crippen molar-refractivity contribution < 1.29 is 8.83 Å². The molecule has 59 heavy (non-hydrogen) atoms. The molecule has 0 saturated carbocycles. The van der Waals surface area contributed by atoms with Crippen molar-refractivity contribution in [3.8, 4) is 0 Å². The molecule has 0 bridgehead atoms. The molecule has 4 heterocycles. The van der Waals surface area contributed by atoms with Crippen molar-refractivity contribution in [2.24, 2.45) is 0 Å². The van der Waals surface area contributed by atoms with E-state index < -0.39 is 0 Å². The summed E-state index contributed by atoms with van der Waals surface area (Å²) in [6.45, 7) is 13.4. The van der Waals surface area contributed by atoms with Crippen molar-refractivity contribution in [1.29, 1.82) is 0 Å². The van der Waals surface area contributed by atoms with Gasteiger partial charge in [-0.2, -0.15) is 0 Å². The topological polar surface area (TPSA) is 32.8 Å². The summed E-state index contributed by atoms with van der Waals surface area (Å²) in [5.41, 5.74) is 13.1. The van der Waals surface area contributed by atoms with Crippen molar-refractivity contribution in [1.82, 2.24) is 0 Å². The summed E-state index contributed by atoms with van der Waals surface area (Å²) in [6, 6.07) is 55.7. The van der Waals surface area contributed by atoms with Crippen molar-refractivity contribution in [2.75, 3.05) is 9.80 Å². The molecule has 0 spiro atoms. The summed E-state index contributed by atoms with van der Waals surface area (Å²) in [4.78, 5) is 4.90. The Labute approximate surface area is 344 Å². The Kier molecular flexibility index (Phi) is 6.94. The van der Waals surface area contributed by atoms with Gasteiger partial charge in [-0.05, 0) is 96.8 Å². The molecule has 2 aromatic heterocycles. The van der Waals surface area contributed by atoms with Crippen molar-refractivity contribution in [3.63, 3.8) is 0 Å². The van der Waals surface area contributed by atoms with Crippen LogP contribution in [0.3, 0.4) is 0 Å². The first-order valence-corrected chi connectivity index (χ1v) is 20.8. The summed E-state index contributed by atoms with van der Waals surface area (Å²) >= 11 is 0. The maximum absolute atomic E-state index is 7.37. The predicted octanol–water partition coefficient (Wildman–Crippen LogP) is 13.3. The smallest absolute Gasteiger partial charge is 0.302 e. The maximum Gasteiger partial charge on any atom is 0.302 e. The van der Waals surface area contributed by atoms with Crippen LogP contribution in [0, 0.1) is 0 Å². The van der Waals surface area contributed by atoms with Gasteiger partial charge in [0.15, 0.2) is 0 Å². The van der Waals surface area contributed by atoms with Crippen molar-refractivity contribution in [3.05, 3.63) is 163 Å². The van der Waals surface area contributed by atoms with Gasteiger partial charge in [-0.1, -0.05) is 151 Å². The first-order valence-electron chi connectivity index (χ1n) is 20.8. The second-order valence-corrected chi connectivity index (χ2v) is 18.5. The highest BCUT2D eigenvalue weighted by Gasteiger charge is 2.50. The van der Waals surface area contributed by atoms with Crippen LogP contribution in [0.4, 0.5) is 34.3 Å².